The number of rotatable bonds is 5. The van der Waals surface area contributed by atoms with Gasteiger partial charge in [0.15, 0.2) is 0 Å². The van der Waals surface area contributed by atoms with Crippen LogP contribution in [0.25, 0.3) is 11.0 Å². The summed E-state index contributed by atoms with van der Waals surface area (Å²) < 4.78 is 37.9. The molecule has 1 aliphatic carbocycles. The number of aromatic amines is 1. The molecule has 172 valence electrons. The standard InChI is InChI=1S/C23H21F3N4O2S/c1-22(2)20(31)30(15-5-7-16(8-6-15)33-23(24,25)26)21(32)29(22)12-14-9-10-27-19-17(14)11-18(28-19)13-3-4-13/h5-11,13H,3-4,12H2,1-2H3,(H,27,28). The van der Waals surface area contributed by atoms with Gasteiger partial charge in [0.25, 0.3) is 5.91 Å². The third kappa shape index (κ3) is 3.96. The number of alkyl halides is 3. The maximum atomic E-state index is 13.3. The molecule has 1 saturated heterocycles. The number of thioether (sulfide) groups is 1. The summed E-state index contributed by atoms with van der Waals surface area (Å²) in [4.78, 5) is 36.8. The van der Waals surface area contributed by atoms with Crippen molar-refractivity contribution < 1.29 is 22.8 Å². The van der Waals surface area contributed by atoms with Crippen molar-refractivity contribution in [3.05, 3.63) is 53.9 Å². The molecule has 1 saturated carbocycles. The number of anilines is 1. The number of nitrogens with zero attached hydrogens (tertiary/aromatic N) is 3. The van der Waals surface area contributed by atoms with E-state index in [-0.39, 0.29) is 28.9 Å². The van der Waals surface area contributed by atoms with Crippen LogP contribution in [0.4, 0.5) is 23.7 Å². The van der Waals surface area contributed by atoms with Gasteiger partial charge in [0.1, 0.15) is 11.2 Å². The van der Waals surface area contributed by atoms with Gasteiger partial charge in [-0.1, -0.05) is 0 Å². The highest BCUT2D eigenvalue weighted by Crippen LogP contribution is 2.42. The molecule has 2 aliphatic rings. The number of imide groups is 1. The van der Waals surface area contributed by atoms with E-state index < -0.39 is 23.0 Å². The van der Waals surface area contributed by atoms with E-state index in [1.807, 2.05) is 6.07 Å². The Balaban J connectivity index is 1.43. The SMILES string of the molecule is CC1(C)C(=O)N(c2ccc(SC(F)(F)F)cc2)C(=O)N1Cc1ccnc2[nH]c(C3CC3)cc12. The number of hydrogen-bond donors (Lipinski definition) is 1. The molecule has 2 fully saturated rings. The Morgan fingerprint density at radius 2 is 1.85 bits per heavy atom. The van der Waals surface area contributed by atoms with E-state index in [1.165, 1.54) is 29.2 Å². The minimum absolute atomic E-state index is 0.0143. The number of fused-ring (bicyclic) bond motifs is 1. The van der Waals surface area contributed by atoms with Crippen molar-refractivity contribution in [1.82, 2.24) is 14.9 Å². The summed E-state index contributed by atoms with van der Waals surface area (Å²) >= 11 is -0.243. The van der Waals surface area contributed by atoms with Crippen LogP contribution in [-0.2, 0) is 11.3 Å². The Bertz CT molecular complexity index is 1250. The lowest BCUT2D eigenvalue weighted by Gasteiger charge is -2.27. The summed E-state index contributed by atoms with van der Waals surface area (Å²) in [5.41, 5.74) is -2.54. The largest absolute Gasteiger partial charge is 0.446 e. The van der Waals surface area contributed by atoms with E-state index in [9.17, 15) is 22.8 Å². The molecule has 1 aromatic carbocycles. The lowest BCUT2D eigenvalue weighted by molar-refractivity contribution is -0.123. The van der Waals surface area contributed by atoms with Crippen molar-refractivity contribution in [2.75, 3.05) is 4.90 Å². The van der Waals surface area contributed by atoms with E-state index >= 15 is 0 Å². The molecule has 10 heteroatoms. The van der Waals surface area contributed by atoms with Gasteiger partial charge in [-0.25, -0.2) is 14.7 Å². The van der Waals surface area contributed by atoms with Gasteiger partial charge in [0.05, 0.1) is 5.69 Å². The summed E-state index contributed by atoms with van der Waals surface area (Å²) in [5, 5.41) is 0.919. The smallest absolute Gasteiger partial charge is 0.343 e. The number of hydrogen-bond acceptors (Lipinski definition) is 4. The number of carbonyl (C=O) groups excluding carboxylic acids is 2. The number of halogens is 3. The predicted molar refractivity (Wildman–Crippen MR) is 119 cm³/mol. The molecular formula is C23H21F3N4O2S. The van der Waals surface area contributed by atoms with Crippen molar-refractivity contribution in [2.24, 2.45) is 0 Å². The topological polar surface area (TPSA) is 69.3 Å². The van der Waals surface area contributed by atoms with E-state index in [0.717, 1.165) is 40.0 Å². The van der Waals surface area contributed by atoms with E-state index in [0.29, 0.717) is 5.92 Å². The molecule has 5 rings (SSSR count). The Hall–Kier alpha value is -3.01. The van der Waals surface area contributed by atoms with Crippen LogP contribution in [0.15, 0.2) is 47.5 Å². The number of aromatic nitrogens is 2. The molecule has 1 N–H and O–H groups in total. The van der Waals surface area contributed by atoms with Crippen LogP contribution in [-0.4, -0.2) is 37.9 Å². The fourth-order valence-electron chi connectivity index (χ4n) is 4.15. The Kier molecular flexibility index (Phi) is 4.97. The monoisotopic (exact) mass is 474 g/mol. The summed E-state index contributed by atoms with van der Waals surface area (Å²) in [7, 11) is 0. The average molecular weight is 475 g/mol. The fraction of sp³-hybridized carbons (Fsp3) is 0.348. The molecule has 0 radical (unpaired) electrons. The van der Waals surface area contributed by atoms with E-state index in [1.54, 1.807) is 20.0 Å². The maximum absolute atomic E-state index is 13.3. The second-order valence-corrected chi connectivity index (χ2v) is 9.98. The first-order valence-electron chi connectivity index (χ1n) is 10.5. The zero-order valence-electron chi connectivity index (χ0n) is 17.9. The zero-order valence-corrected chi connectivity index (χ0v) is 18.8. The second-order valence-electron chi connectivity index (χ2n) is 8.84. The first-order valence-corrected chi connectivity index (χ1v) is 11.3. The average Bonchev–Trinajstić information content (AvgIpc) is 3.47. The molecule has 2 aromatic heterocycles. The normalized spacial score (nSPS) is 18.6. The van der Waals surface area contributed by atoms with Crippen LogP contribution in [0.2, 0.25) is 0 Å². The number of benzene rings is 1. The molecule has 1 aliphatic heterocycles. The first-order chi connectivity index (χ1) is 15.5. The molecule has 0 atom stereocenters. The maximum Gasteiger partial charge on any atom is 0.446 e. The Labute approximate surface area is 192 Å². The van der Waals surface area contributed by atoms with Crippen LogP contribution < -0.4 is 4.90 Å². The summed E-state index contributed by atoms with van der Waals surface area (Å²) in [6, 6.07) is 8.64. The van der Waals surface area contributed by atoms with Gasteiger partial charge in [0, 0.05) is 28.7 Å². The molecule has 3 amide bonds. The number of H-pyrrole nitrogens is 1. The minimum Gasteiger partial charge on any atom is -0.343 e. The summed E-state index contributed by atoms with van der Waals surface area (Å²) in [6.07, 6.45) is 3.96. The van der Waals surface area contributed by atoms with Gasteiger partial charge >= 0.3 is 11.5 Å². The molecular weight excluding hydrogens is 453 g/mol. The van der Waals surface area contributed by atoms with Crippen molar-refractivity contribution in [3.8, 4) is 0 Å². The fourth-order valence-corrected chi connectivity index (χ4v) is 4.69. The highest BCUT2D eigenvalue weighted by atomic mass is 32.2. The number of carbonyl (C=O) groups is 2. The van der Waals surface area contributed by atoms with Gasteiger partial charge in [-0.2, -0.15) is 13.2 Å². The first kappa shape index (κ1) is 21.8. The number of pyridine rings is 1. The molecule has 3 heterocycles. The second kappa shape index (κ2) is 7.51. The highest BCUT2D eigenvalue weighted by Gasteiger charge is 2.51. The van der Waals surface area contributed by atoms with E-state index in [2.05, 4.69) is 16.0 Å². The van der Waals surface area contributed by atoms with Crippen LogP contribution in [0, 0.1) is 0 Å². The molecule has 6 nitrogen and oxygen atoms in total. The zero-order chi connectivity index (χ0) is 23.5. The predicted octanol–water partition coefficient (Wildman–Crippen LogP) is 5.80. The van der Waals surface area contributed by atoms with Gasteiger partial charge < -0.3 is 9.88 Å². The van der Waals surface area contributed by atoms with Crippen molar-refractivity contribution in [3.63, 3.8) is 0 Å². The van der Waals surface area contributed by atoms with Gasteiger partial charge in [-0.15, -0.1) is 0 Å². The van der Waals surface area contributed by atoms with E-state index in [4.69, 9.17) is 0 Å². The van der Waals surface area contributed by atoms with Gasteiger partial charge in [-0.3, -0.25) is 4.79 Å². The molecule has 0 unspecified atom stereocenters. The van der Waals surface area contributed by atoms with Crippen LogP contribution in [0.3, 0.4) is 0 Å². The van der Waals surface area contributed by atoms with Crippen LogP contribution in [0.1, 0.15) is 43.9 Å². The summed E-state index contributed by atoms with van der Waals surface area (Å²) in [5.74, 6) is 0.0919. The van der Waals surface area contributed by atoms with Crippen LogP contribution >= 0.6 is 11.8 Å². The van der Waals surface area contributed by atoms with Crippen molar-refractivity contribution >= 4 is 40.4 Å². The Morgan fingerprint density at radius 3 is 2.48 bits per heavy atom. The lowest BCUT2D eigenvalue weighted by atomic mass is 10.0. The quantitative estimate of drug-likeness (QED) is 0.375. The number of amides is 3. The number of nitrogens with one attached hydrogen (secondary N) is 1. The highest BCUT2D eigenvalue weighted by molar-refractivity contribution is 8.00. The van der Waals surface area contributed by atoms with Gasteiger partial charge in [-0.05, 0) is 86.3 Å². The molecule has 3 aromatic rings. The number of urea groups is 1. The van der Waals surface area contributed by atoms with Crippen molar-refractivity contribution in [2.45, 2.75) is 55.1 Å². The minimum atomic E-state index is -4.41. The third-order valence-corrected chi connectivity index (χ3v) is 6.88. The van der Waals surface area contributed by atoms with Crippen LogP contribution in [0.5, 0.6) is 0 Å². The van der Waals surface area contributed by atoms with Gasteiger partial charge in [0.2, 0.25) is 0 Å². The Morgan fingerprint density at radius 1 is 1.15 bits per heavy atom. The lowest BCUT2D eigenvalue weighted by Crippen LogP contribution is -2.43. The third-order valence-electron chi connectivity index (χ3n) is 6.14. The molecule has 33 heavy (non-hydrogen) atoms. The van der Waals surface area contributed by atoms with Crippen molar-refractivity contribution in [1.29, 1.82) is 0 Å². The molecule has 0 spiro atoms. The molecule has 0 bridgehead atoms. The summed E-state index contributed by atoms with van der Waals surface area (Å²) in [6.45, 7) is 3.55.